The van der Waals surface area contributed by atoms with E-state index in [-0.39, 0.29) is 0 Å². The van der Waals surface area contributed by atoms with Gasteiger partial charge in [0, 0.05) is 17.4 Å². The normalized spacial score (nSPS) is 11.2. The van der Waals surface area contributed by atoms with Gasteiger partial charge < -0.3 is 15.1 Å². The first-order chi connectivity index (χ1) is 11.3. The van der Waals surface area contributed by atoms with E-state index in [0.29, 0.717) is 17.3 Å². The number of aromatic nitrogens is 2. The van der Waals surface area contributed by atoms with Gasteiger partial charge in [0.1, 0.15) is 5.69 Å². The average Bonchev–Trinajstić information content (AvgIpc) is 3.23. The number of hydrogen-bond donors (Lipinski definition) is 2. The monoisotopic (exact) mass is 323 g/mol. The Morgan fingerprint density at radius 2 is 1.96 bits per heavy atom. The molecule has 0 saturated heterocycles. The molecule has 0 atom stereocenters. The Hall–Kier alpha value is -2.56. The Morgan fingerprint density at radius 3 is 2.65 bits per heavy atom. The van der Waals surface area contributed by atoms with Gasteiger partial charge >= 0.3 is 0 Å². The van der Waals surface area contributed by atoms with Crippen LogP contribution in [0.5, 0.6) is 0 Å². The summed E-state index contributed by atoms with van der Waals surface area (Å²) in [5.41, 5.74) is 10.6. The van der Waals surface area contributed by atoms with Crippen LogP contribution >= 0.6 is 11.6 Å². The third kappa shape index (κ3) is 2.32. The van der Waals surface area contributed by atoms with Gasteiger partial charge in [0.15, 0.2) is 12.2 Å². The van der Waals surface area contributed by atoms with Crippen molar-refractivity contribution in [3.8, 4) is 22.6 Å². The van der Waals surface area contributed by atoms with Gasteiger partial charge in [-0.2, -0.15) is 0 Å². The number of nitrogens with one attached hydrogen (secondary N) is 1. The van der Waals surface area contributed by atoms with Gasteiger partial charge in [0.25, 0.3) is 0 Å². The molecule has 4 aromatic rings. The zero-order valence-corrected chi connectivity index (χ0v) is 13.0. The van der Waals surface area contributed by atoms with Crippen molar-refractivity contribution in [3.05, 3.63) is 65.6 Å². The lowest BCUT2D eigenvalue weighted by Crippen LogP contribution is -1.95. The molecule has 5 heteroatoms. The van der Waals surface area contributed by atoms with Crippen LogP contribution in [0.15, 0.2) is 59.5 Å². The van der Waals surface area contributed by atoms with E-state index in [1.54, 1.807) is 6.20 Å². The molecule has 0 radical (unpaired) electrons. The Kier molecular flexibility index (Phi) is 3.41. The number of nitrogens with two attached hydrogens (primary N) is 1. The second kappa shape index (κ2) is 5.57. The lowest BCUT2D eigenvalue weighted by molar-refractivity contribution is 0.570. The predicted octanol–water partition coefficient (Wildman–Crippen LogP) is 4.60. The fourth-order valence-corrected chi connectivity index (χ4v) is 3.12. The molecule has 0 unspecified atom stereocenters. The number of H-pyrrole nitrogens is 1. The SMILES string of the molecule is NCc1ccc(-c2cccc3[nH]c(-c4cnco4)c(Cl)c23)cc1. The quantitative estimate of drug-likeness (QED) is 0.579. The molecule has 0 aliphatic rings. The molecule has 0 spiro atoms. The van der Waals surface area contributed by atoms with Gasteiger partial charge in [-0.05, 0) is 22.8 Å². The first kappa shape index (κ1) is 14.1. The van der Waals surface area contributed by atoms with Crippen molar-refractivity contribution in [2.24, 2.45) is 5.73 Å². The van der Waals surface area contributed by atoms with Gasteiger partial charge in [-0.3, -0.25) is 0 Å². The molecular formula is C18H14ClN3O. The van der Waals surface area contributed by atoms with Crippen molar-refractivity contribution in [1.82, 2.24) is 9.97 Å². The van der Waals surface area contributed by atoms with Crippen molar-refractivity contribution < 1.29 is 4.42 Å². The first-order valence-electron chi connectivity index (χ1n) is 7.26. The first-order valence-corrected chi connectivity index (χ1v) is 7.64. The number of hydrogen-bond acceptors (Lipinski definition) is 3. The van der Waals surface area contributed by atoms with E-state index in [1.165, 1.54) is 6.39 Å². The highest BCUT2D eigenvalue weighted by Crippen LogP contribution is 2.39. The van der Waals surface area contributed by atoms with Gasteiger partial charge in [0.2, 0.25) is 0 Å². The summed E-state index contributed by atoms with van der Waals surface area (Å²) in [4.78, 5) is 7.27. The zero-order chi connectivity index (χ0) is 15.8. The van der Waals surface area contributed by atoms with E-state index in [9.17, 15) is 0 Å². The van der Waals surface area contributed by atoms with Crippen LogP contribution in [0.4, 0.5) is 0 Å². The lowest BCUT2D eigenvalue weighted by atomic mass is 10.0. The number of fused-ring (bicyclic) bond motifs is 1. The van der Waals surface area contributed by atoms with Gasteiger partial charge in [-0.1, -0.05) is 48.0 Å². The summed E-state index contributed by atoms with van der Waals surface area (Å²) in [5.74, 6) is 0.621. The minimum absolute atomic E-state index is 0.533. The molecule has 0 aliphatic heterocycles. The second-order valence-corrected chi connectivity index (χ2v) is 5.69. The van der Waals surface area contributed by atoms with Crippen LogP contribution in [0.1, 0.15) is 5.56 Å². The van der Waals surface area contributed by atoms with Crippen molar-refractivity contribution in [2.75, 3.05) is 0 Å². The summed E-state index contributed by atoms with van der Waals surface area (Å²) >= 11 is 6.62. The summed E-state index contributed by atoms with van der Waals surface area (Å²) in [6.07, 6.45) is 3.04. The van der Waals surface area contributed by atoms with Crippen molar-refractivity contribution in [2.45, 2.75) is 6.54 Å². The van der Waals surface area contributed by atoms with Crippen LogP contribution in [0, 0.1) is 0 Å². The Bertz CT molecular complexity index is 956. The largest absolute Gasteiger partial charge is 0.442 e. The minimum atomic E-state index is 0.533. The van der Waals surface area contributed by atoms with Crippen molar-refractivity contribution in [3.63, 3.8) is 0 Å². The molecule has 3 N–H and O–H groups in total. The molecule has 4 rings (SSSR count). The standard InChI is InChI=1S/C18H14ClN3O/c19-17-16-13(12-6-4-11(8-20)5-7-12)2-1-3-14(16)22-18(17)15-9-21-10-23-15/h1-7,9-10,22H,8,20H2. The lowest BCUT2D eigenvalue weighted by Gasteiger charge is -2.05. The van der Waals surface area contributed by atoms with Crippen LogP contribution in [0.25, 0.3) is 33.5 Å². The molecule has 2 aromatic carbocycles. The maximum Gasteiger partial charge on any atom is 0.181 e. The number of rotatable bonds is 3. The summed E-state index contributed by atoms with van der Waals surface area (Å²) < 4.78 is 5.37. The molecule has 2 aromatic heterocycles. The Morgan fingerprint density at radius 1 is 1.13 bits per heavy atom. The molecule has 0 aliphatic carbocycles. The van der Waals surface area contributed by atoms with E-state index in [2.05, 4.69) is 28.2 Å². The number of nitrogens with zero attached hydrogens (tertiary/aromatic N) is 1. The van der Waals surface area contributed by atoms with Crippen LogP contribution in [0.2, 0.25) is 5.02 Å². The molecule has 0 fully saturated rings. The molecule has 2 heterocycles. The molecule has 4 nitrogen and oxygen atoms in total. The maximum absolute atomic E-state index is 6.62. The van der Waals surface area contributed by atoms with Gasteiger partial charge in [-0.25, -0.2) is 4.98 Å². The summed E-state index contributed by atoms with van der Waals surface area (Å²) in [6, 6.07) is 14.3. The van der Waals surface area contributed by atoms with E-state index in [0.717, 1.165) is 33.3 Å². The predicted molar refractivity (Wildman–Crippen MR) is 92.1 cm³/mol. The number of benzene rings is 2. The van der Waals surface area contributed by atoms with Crippen LogP contribution in [-0.2, 0) is 6.54 Å². The van der Waals surface area contributed by atoms with Gasteiger partial charge in [0.05, 0.1) is 11.2 Å². The van der Waals surface area contributed by atoms with E-state index < -0.39 is 0 Å². The maximum atomic E-state index is 6.62. The van der Waals surface area contributed by atoms with Crippen LogP contribution in [0.3, 0.4) is 0 Å². The number of halogens is 1. The molecule has 0 saturated carbocycles. The molecule has 0 bridgehead atoms. The highest BCUT2D eigenvalue weighted by Gasteiger charge is 2.17. The highest BCUT2D eigenvalue weighted by molar-refractivity contribution is 6.39. The topological polar surface area (TPSA) is 67.8 Å². The summed E-state index contributed by atoms with van der Waals surface area (Å²) in [6.45, 7) is 0.533. The van der Waals surface area contributed by atoms with Crippen LogP contribution < -0.4 is 5.73 Å². The minimum Gasteiger partial charge on any atom is -0.442 e. The third-order valence-corrected chi connectivity index (χ3v) is 4.32. The van der Waals surface area contributed by atoms with Gasteiger partial charge in [-0.15, -0.1) is 0 Å². The Labute approximate surface area is 137 Å². The number of aromatic amines is 1. The number of oxazole rings is 1. The Balaban J connectivity index is 1.93. The van der Waals surface area contributed by atoms with E-state index in [4.69, 9.17) is 21.8 Å². The second-order valence-electron chi connectivity index (χ2n) is 5.31. The summed E-state index contributed by atoms with van der Waals surface area (Å²) in [7, 11) is 0. The smallest absolute Gasteiger partial charge is 0.181 e. The zero-order valence-electron chi connectivity index (χ0n) is 12.2. The summed E-state index contributed by atoms with van der Waals surface area (Å²) in [5, 5.41) is 1.61. The molecule has 23 heavy (non-hydrogen) atoms. The van der Waals surface area contributed by atoms with Crippen molar-refractivity contribution in [1.29, 1.82) is 0 Å². The van der Waals surface area contributed by atoms with E-state index in [1.807, 2.05) is 24.3 Å². The van der Waals surface area contributed by atoms with Crippen LogP contribution in [-0.4, -0.2) is 9.97 Å². The molecule has 114 valence electrons. The van der Waals surface area contributed by atoms with Crippen molar-refractivity contribution >= 4 is 22.5 Å². The molecule has 0 amide bonds. The fraction of sp³-hybridized carbons (Fsp3) is 0.0556. The van der Waals surface area contributed by atoms with E-state index >= 15 is 0 Å². The fourth-order valence-electron chi connectivity index (χ4n) is 2.78. The highest BCUT2D eigenvalue weighted by atomic mass is 35.5. The third-order valence-electron chi connectivity index (χ3n) is 3.94. The molecular weight excluding hydrogens is 310 g/mol. The average molecular weight is 324 g/mol.